The van der Waals surface area contributed by atoms with Crippen LogP contribution < -0.4 is 42.0 Å². The standard InChI is InChI=1S/C42H28B2ClN3/c45-27-25-33-41-39(26-27)48-36-22-10-9-21-35(36)47(29-15-5-2-6-16-29)38-24-12-19-32(42(38)48)44(41)31-18-11-23-37-40(31)43(33)30-17-7-8-20-34(30)46(37)28-13-3-1-4-14-28/h1-6,8-16,18-26H,7,17H2. The molecule has 48 heavy (non-hydrogen) atoms. The highest BCUT2D eigenvalue weighted by atomic mass is 35.5. The Morgan fingerprint density at radius 2 is 1.12 bits per heavy atom. The van der Waals surface area contributed by atoms with Crippen molar-refractivity contribution in [3.63, 3.8) is 0 Å². The summed E-state index contributed by atoms with van der Waals surface area (Å²) in [4.78, 5) is 7.43. The molecule has 3 nitrogen and oxygen atoms in total. The van der Waals surface area contributed by atoms with Gasteiger partial charge in [0.2, 0.25) is 13.4 Å². The largest absolute Gasteiger partial charge is 0.312 e. The topological polar surface area (TPSA) is 9.72 Å². The van der Waals surface area contributed by atoms with Gasteiger partial charge in [-0.05, 0) is 96.0 Å². The lowest BCUT2D eigenvalue weighted by Gasteiger charge is -2.49. The van der Waals surface area contributed by atoms with Gasteiger partial charge in [-0.25, -0.2) is 0 Å². The van der Waals surface area contributed by atoms with Crippen LogP contribution in [0.1, 0.15) is 12.8 Å². The summed E-state index contributed by atoms with van der Waals surface area (Å²) in [6.45, 7) is 0.219. The molecule has 1 aliphatic carbocycles. The molecular weight excluding hydrogens is 604 g/mol. The van der Waals surface area contributed by atoms with Crippen molar-refractivity contribution in [1.82, 2.24) is 0 Å². The molecule has 0 saturated carbocycles. The summed E-state index contributed by atoms with van der Waals surface area (Å²) in [6, 6.07) is 48.8. The Bertz CT molecular complexity index is 2400. The number of hydrogen-bond acceptors (Lipinski definition) is 3. The third-order valence-electron chi connectivity index (χ3n) is 10.9. The molecule has 4 heterocycles. The first kappa shape index (κ1) is 26.7. The summed E-state index contributed by atoms with van der Waals surface area (Å²) in [7, 11) is 0. The highest BCUT2D eigenvalue weighted by Crippen LogP contribution is 2.54. The van der Waals surface area contributed by atoms with Gasteiger partial charge in [-0.2, -0.15) is 0 Å². The lowest BCUT2D eigenvalue weighted by atomic mass is 9.19. The van der Waals surface area contributed by atoms with Crippen LogP contribution in [0.2, 0.25) is 5.02 Å². The summed E-state index contributed by atoms with van der Waals surface area (Å²) in [5, 5.41) is 0.784. The Kier molecular flexibility index (Phi) is 5.46. The minimum absolute atomic E-state index is 0.0754. The molecule has 0 radical (unpaired) electrons. The van der Waals surface area contributed by atoms with Crippen molar-refractivity contribution < 1.29 is 0 Å². The first-order valence-corrected chi connectivity index (χ1v) is 17.2. The zero-order chi connectivity index (χ0) is 31.5. The molecule has 0 aromatic heterocycles. The molecule has 0 bridgehead atoms. The maximum atomic E-state index is 7.22. The number of para-hydroxylation sites is 5. The van der Waals surface area contributed by atoms with Crippen LogP contribution in [0.15, 0.2) is 157 Å². The fourth-order valence-corrected chi connectivity index (χ4v) is 9.48. The molecule has 5 aliphatic rings. The van der Waals surface area contributed by atoms with E-state index in [-0.39, 0.29) is 13.4 Å². The first-order chi connectivity index (χ1) is 23.8. The quantitative estimate of drug-likeness (QED) is 0.182. The van der Waals surface area contributed by atoms with Crippen molar-refractivity contribution >= 4 is 97.8 Å². The van der Waals surface area contributed by atoms with Gasteiger partial charge in [-0.15, -0.1) is 0 Å². The lowest BCUT2D eigenvalue weighted by Crippen LogP contribution is -2.76. The number of fused-ring (bicyclic) bond motifs is 7. The average Bonchev–Trinajstić information content (AvgIpc) is 3.14. The molecule has 6 heteroatoms. The van der Waals surface area contributed by atoms with E-state index >= 15 is 0 Å². The maximum Gasteiger partial charge on any atom is 0.245 e. The second-order valence-electron chi connectivity index (χ2n) is 13.3. The Morgan fingerprint density at radius 3 is 1.90 bits per heavy atom. The maximum absolute atomic E-state index is 7.22. The van der Waals surface area contributed by atoms with Gasteiger partial charge in [-0.3, -0.25) is 0 Å². The molecule has 0 spiro atoms. The van der Waals surface area contributed by atoms with Gasteiger partial charge in [0.05, 0.1) is 22.7 Å². The molecule has 0 atom stereocenters. The van der Waals surface area contributed by atoms with E-state index in [1.807, 2.05) is 0 Å². The van der Waals surface area contributed by atoms with E-state index in [4.69, 9.17) is 11.6 Å². The molecule has 6 aromatic rings. The van der Waals surface area contributed by atoms with Crippen LogP contribution in [-0.2, 0) is 0 Å². The summed E-state index contributed by atoms with van der Waals surface area (Å²) < 4.78 is 0. The van der Waals surface area contributed by atoms with Gasteiger partial charge in [-0.1, -0.05) is 107 Å². The van der Waals surface area contributed by atoms with Crippen LogP contribution in [-0.4, -0.2) is 13.4 Å². The lowest BCUT2D eigenvalue weighted by molar-refractivity contribution is 0.968. The van der Waals surface area contributed by atoms with E-state index in [9.17, 15) is 0 Å². The number of benzene rings is 6. The van der Waals surface area contributed by atoms with Crippen molar-refractivity contribution in [3.05, 3.63) is 162 Å². The molecular formula is C42H28B2ClN3. The van der Waals surface area contributed by atoms with Crippen LogP contribution in [0.5, 0.6) is 0 Å². The fourth-order valence-electron chi connectivity index (χ4n) is 9.26. The number of rotatable bonds is 2. The molecule has 4 aliphatic heterocycles. The van der Waals surface area contributed by atoms with Crippen molar-refractivity contribution in [3.8, 4) is 0 Å². The van der Waals surface area contributed by atoms with Crippen molar-refractivity contribution in [2.45, 2.75) is 12.8 Å². The van der Waals surface area contributed by atoms with Gasteiger partial charge in [0.25, 0.3) is 0 Å². The minimum Gasteiger partial charge on any atom is -0.312 e. The fraction of sp³-hybridized carbons (Fsp3) is 0.0476. The number of hydrogen-bond donors (Lipinski definition) is 0. The third-order valence-corrected chi connectivity index (χ3v) is 11.2. The molecule has 0 amide bonds. The minimum atomic E-state index is 0.0754. The van der Waals surface area contributed by atoms with Gasteiger partial charge < -0.3 is 14.7 Å². The smallest absolute Gasteiger partial charge is 0.245 e. The molecule has 0 unspecified atom stereocenters. The molecule has 0 fully saturated rings. The molecule has 0 saturated heterocycles. The van der Waals surface area contributed by atoms with Crippen LogP contribution in [0.4, 0.5) is 45.5 Å². The van der Waals surface area contributed by atoms with Crippen LogP contribution in [0.3, 0.4) is 0 Å². The number of allylic oxidation sites excluding steroid dienone is 3. The summed E-state index contributed by atoms with van der Waals surface area (Å²) in [5.41, 5.74) is 19.2. The Balaban J connectivity index is 1.25. The first-order valence-electron chi connectivity index (χ1n) is 16.9. The van der Waals surface area contributed by atoms with E-state index in [0.717, 1.165) is 29.2 Å². The van der Waals surface area contributed by atoms with Crippen molar-refractivity contribution in [2.75, 3.05) is 14.7 Å². The predicted octanol–water partition coefficient (Wildman–Crippen LogP) is 7.64. The predicted molar refractivity (Wildman–Crippen MR) is 204 cm³/mol. The van der Waals surface area contributed by atoms with E-state index in [1.165, 1.54) is 72.6 Å². The Labute approximate surface area is 286 Å². The summed E-state index contributed by atoms with van der Waals surface area (Å²) in [6.07, 6.45) is 6.76. The van der Waals surface area contributed by atoms with Crippen LogP contribution in [0.25, 0.3) is 0 Å². The summed E-state index contributed by atoms with van der Waals surface area (Å²) in [5.74, 6) is 0. The summed E-state index contributed by atoms with van der Waals surface area (Å²) >= 11 is 7.22. The molecule has 6 aromatic carbocycles. The van der Waals surface area contributed by atoms with Crippen LogP contribution >= 0.6 is 11.6 Å². The molecule has 0 N–H and O–H groups in total. The highest BCUT2D eigenvalue weighted by Gasteiger charge is 2.50. The highest BCUT2D eigenvalue weighted by molar-refractivity contribution is 7.11. The van der Waals surface area contributed by atoms with E-state index in [0.29, 0.717) is 0 Å². The van der Waals surface area contributed by atoms with Gasteiger partial charge in [0, 0.05) is 33.5 Å². The second-order valence-corrected chi connectivity index (χ2v) is 13.7. The van der Waals surface area contributed by atoms with E-state index in [2.05, 4.69) is 160 Å². The van der Waals surface area contributed by atoms with Crippen LogP contribution in [0, 0.1) is 0 Å². The zero-order valence-electron chi connectivity index (χ0n) is 26.1. The third kappa shape index (κ3) is 3.42. The average molecular weight is 632 g/mol. The Hall–Kier alpha value is -5.38. The molecule has 11 rings (SSSR count). The van der Waals surface area contributed by atoms with Gasteiger partial charge in [0.15, 0.2) is 0 Å². The normalized spacial score (nSPS) is 15.9. The second kappa shape index (κ2) is 9.82. The van der Waals surface area contributed by atoms with Gasteiger partial charge in [0.1, 0.15) is 0 Å². The van der Waals surface area contributed by atoms with Crippen molar-refractivity contribution in [2.24, 2.45) is 0 Å². The van der Waals surface area contributed by atoms with E-state index < -0.39 is 0 Å². The SMILES string of the molecule is Clc1cc2c3c(c1)N1c4ccccc4N(c4ccccc4)c4cccc(c41)B3c1cccc3c1B2C1=C(C=CCC1)N3c1ccccc1. The number of nitrogens with zero attached hydrogens (tertiary/aromatic N) is 3. The number of anilines is 8. The zero-order valence-corrected chi connectivity index (χ0v) is 26.9. The van der Waals surface area contributed by atoms with Gasteiger partial charge >= 0.3 is 0 Å². The Morgan fingerprint density at radius 1 is 0.500 bits per heavy atom. The monoisotopic (exact) mass is 631 g/mol. The van der Waals surface area contributed by atoms with Crippen molar-refractivity contribution in [1.29, 1.82) is 0 Å². The van der Waals surface area contributed by atoms with E-state index in [1.54, 1.807) is 0 Å². The number of halogens is 1. The molecule has 224 valence electrons.